The van der Waals surface area contributed by atoms with Gasteiger partial charge >= 0.3 is 29.6 Å². The van der Waals surface area contributed by atoms with E-state index in [0.717, 1.165) is 6.08 Å². The second kappa shape index (κ2) is 10.6. The van der Waals surface area contributed by atoms with Crippen molar-refractivity contribution in [3.05, 3.63) is 12.7 Å². The molecule has 0 saturated heterocycles. The van der Waals surface area contributed by atoms with Crippen molar-refractivity contribution in [2.45, 2.75) is 13.0 Å². The van der Waals surface area contributed by atoms with Crippen molar-refractivity contribution in [2.24, 2.45) is 0 Å². The molecule has 0 aliphatic carbocycles. The number of rotatable bonds is 3. The zero-order valence-corrected chi connectivity index (χ0v) is 10.6. The Kier molecular flexibility index (Phi) is 15.7. The van der Waals surface area contributed by atoms with Gasteiger partial charge in [0.2, 0.25) is 0 Å². The molecule has 0 aliphatic rings. The Bertz CT molecular complexity index is 199. The predicted molar refractivity (Wildman–Crippen MR) is 43.5 cm³/mol. The van der Waals surface area contributed by atoms with Crippen LogP contribution in [-0.2, 0) is 10.1 Å². The van der Waals surface area contributed by atoms with Crippen LogP contribution < -0.4 is 29.6 Å². The molecule has 13 heavy (non-hydrogen) atoms. The fraction of sp³-hybridized carbons (Fsp3) is 0.667. The summed E-state index contributed by atoms with van der Waals surface area (Å²) in [7, 11) is -4.04. The second-order valence-corrected chi connectivity index (χ2v) is 3.49. The Morgan fingerprint density at radius 1 is 1.62 bits per heavy atom. The van der Waals surface area contributed by atoms with E-state index >= 15 is 0 Å². The molecule has 0 spiro atoms. The zero-order valence-electron chi connectivity index (χ0n) is 7.80. The van der Waals surface area contributed by atoms with Gasteiger partial charge in [0.15, 0.2) is 0 Å². The van der Waals surface area contributed by atoms with E-state index in [1.165, 1.54) is 6.92 Å². The first-order valence-corrected chi connectivity index (χ1v) is 4.74. The molecule has 7 heteroatoms. The van der Waals surface area contributed by atoms with Crippen LogP contribution in [0.2, 0.25) is 0 Å². The maximum atomic E-state index is 9.60. The van der Waals surface area contributed by atoms with Crippen molar-refractivity contribution in [3.8, 4) is 0 Å². The van der Waals surface area contributed by atoms with Crippen molar-refractivity contribution >= 4 is 10.1 Å². The van der Waals surface area contributed by atoms with Crippen molar-refractivity contribution in [3.63, 3.8) is 0 Å². The van der Waals surface area contributed by atoms with Crippen LogP contribution in [0.1, 0.15) is 6.92 Å². The molecule has 1 atom stereocenters. The van der Waals surface area contributed by atoms with E-state index in [0.29, 0.717) is 0 Å². The van der Waals surface area contributed by atoms with Gasteiger partial charge in [-0.1, -0.05) is 6.08 Å². The molecule has 2 N–H and O–H groups in total. The molecule has 0 aromatic carbocycles. The van der Waals surface area contributed by atoms with E-state index in [1.807, 2.05) is 0 Å². The average Bonchev–Trinajstić information content (AvgIpc) is 1.86. The zero-order chi connectivity index (χ0) is 10.2. The minimum absolute atomic E-state index is 0. The van der Waals surface area contributed by atoms with Crippen LogP contribution in [0.4, 0.5) is 0 Å². The standard InChI is InChI=1S/C3H6O3S.C3H8O2.Na/c1-2-3-7(4,5)6;1-3(5)2-4;/h2H,1,3H2,(H,4,5,6);3-5H,2H2,1H3;/q;;+1/p-1. The minimum atomic E-state index is -4.04. The van der Waals surface area contributed by atoms with Crippen molar-refractivity contribution in [1.82, 2.24) is 0 Å². The van der Waals surface area contributed by atoms with Gasteiger partial charge < -0.3 is 14.8 Å². The third-order valence-corrected chi connectivity index (χ3v) is 1.23. The van der Waals surface area contributed by atoms with Crippen molar-refractivity contribution < 1.29 is 52.7 Å². The van der Waals surface area contributed by atoms with Gasteiger partial charge in [-0.2, -0.15) is 0 Å². The molecule has 1 unspecified atom stereocenters. The molecular formula is C6H13NaO5S. The Morgan fingerprint density at radius 3 is 1.92 bits per heavy atom. The summed E-state index contributed by atoms with van der Waals surface area (Å²) in [5.41, 5.74) is 0. The van der Waals surface area contributed by atoms with Gasteiger partial charge in [0, 0.05) is 0 Å². The van der Waals surface area contributed by atoms with Gasteiger partial charge in [-0.3, -0.25) is 0 Å². The Morgan fingerprint density at radius 2 is 1.92 bits per heavy atom. The van der Waals surface area contributed by atoms with Crippen molar-refractivity contribution in [2.75, 3.05) is 12.4 Å². The predicted octanol–water partition coefficient (Wildman–Crippen LogP) is -3.92. The molecule has 0 aromatic rings. The molecule has 0 aliphatic heterocycles. The third kappa shape index (κ3) is 32.5. The van der Waals surface area contributed by atoms with Gasteiger partial charge in [-0.15, -0.1) is 6.58 Å². The molecule has 0 saturated carbocycles. The molecule has 5 nitrogen and oxygen atoms in total. The maximum absolute atomic E-state index is 9.60. The van der Waals surface area contributed by atoms with Crippen LogP contribution in [0.15, 0.2) is 12.7 Å². The van der Waals surface area contributed by atoms with Crippen LogP contribution >= 0.6 is 0 Å². The summed E-state index contributed by atoms with van der Waals surface area (Å²) >= 11 is 0. The maximum Gasteiger partial charge on any atom is 1.00 e. The van der Waals surface area contributed by atoms with Crippen LogP contribution in [0.5, 0.6) is 0 Å². The largest absolute Gasteiger partial charge is 1.00 e. The van der Waals surface area contributed by atoms with Crippen LogP contribution in [-0.4, -0.2) is 41.6 Å². The van der Waals surface area contributed by atoms with Crippen LogP contribution in [0, 0.1) is 0 Å². The summed E-state index contributed by atoms with van der Waals surface area (Å²) < 4.78 is 28.8. The van der Waals surface area contributed by atoms with Gasteiger partial charge in [0.05, 0.1) is 28.6 Å². The van der Waals surface area contributed by atoms with Gasteiger partial charge in [0.25, 0.3) is 0 Å². The van der Waals surface area contributed by atoms with E-state index in [9.17, 15) is 13.0 Å². The van der Waals surface area contributed by atoms with Crippen LogP contribution in [0.25, 0.3) is 0 Å². The number of aliphatic hydroxyl groups is 2. The summed E-state index contributed by atoms with van der Waals surface area (Å²) in [5, 5.41) is 16.0. The summed E-state index contributed by atoms with van der Waals surface area (Å²) in [5.74, 6) is -0.479. The van der Waals surface area contributed by atoms with Gasteiger partial charge in [0.1, 0.15) is 0 Å². The van der Waals surface area contributed by atoms with Gasteiger partial charge in [-0.25, -0.2) is 8.42 Å². The summed E-state index contributed by atoms with van der Waals surface area (Å²) in [6, 6.07) is 0. The third-order valence-electron chi connectivity index (χ3n) is 0.586. The number of hydrogen-bond donors (Lipinski definition) is 2. The first-order valence-electron chi connectivity index (χ1n) is 3.17. The average molecular weight is 220 g/mol. The molecule has 0 radical (unpaired) electrons. The normalized spacial score (nSPS) is 11.7. The first-order chi connectivity index (χ1) is 5.33. The molecule has 0 heterocycles. The SMILES string of the molecule is C=CCS(=O)(=O)[O-].CC(O)CO.[Na+]. The minimum Gasteiger partial charge on any atom is -0.748 e. The topological polar surface area (TPSA) is 97.7 Å². The fourth-order valence-electron chi connectivity index (χ4n) is 0.144. The van der Waals surface area contributed by atoms with Crippen molar-refractivity contribution in [1.29, 1.82) is 0 Å². The molecule has 0 fully saturated rings. The summed E-state index contributed by atoms with van der Waals surface area (Å²) in [6.07, 6.45) is 0.498. The first kappa shape index (κ1) is 19.2. The molecular weight excluding hydrogens is 207 g/mol. The second-order valence-electron chi connectivity index (χ2n) is 2.04. The summed E-state index contributed by atoms with van der Waals surface area (Å²) in [4.78, 5) is 0. The molecule has 0 rings (SSSR count). The number of aliphatic hydroxyl groups excluding tert-OH is 2. The van der Waals surface area contributed by atoms with E-state index < -0.39 is 22.0 Å². The number of hydrogen-bond acceptors (Lipinski definition) is 5. The Hall–Kier alpha value is 0.570. The Balaban J connectivity index is -0.000000150. The molecule has 0 amide bonds. The monoisotopic (exact) mass is 220 g/mol. The van der Waals surface area contributed by atoms with E-state index in [1.54, 1.807) is 0 Å². The molecule has 0 bridgehead atoms. The Labute approximate surface area is 101 Å². The van der Waals surface area contributed by atoms with Crippen LogP contribution in [0.3, 0.4) is 0 Å². The van der Waals surface area contributed by atoms with E-state index in [2.05, 4.69) is 6.58 Å². The van der Waals surface area contributed by atoms with E-state index in [-0.39, 0.29) is 36.2 Å². The fourth-order valence-corrected chi connectivity index (χ4v) is 0.433. The van der Waals surface area contributed by atoms with Gasteiger partial charge in [-0.05, 0) is 6.92 Å². The quantitative estimate of drug-likeness (QED) is 0.288. The van der Waals surface area contributed by atoms with E-state index in [4.69, 9.17) is 10.2 Å². The molecule has 74 valence electrons. The molecule has 0 aromatic heterocycles. The smallest absolute Gasteiger partial charge is 0.748 e. The summed E-state index contributed by atoms with van der Waals surface area (Å²) in [6.45, 7) is 4.46.